The predicted octanol–water partition coefficient (Wildman–Crippen LogP) is 2.26. The van der Waals surface area contributed by atoms with E-state index in [0.717, 1.165) is 63.9 Å². The largest absolute Gasteiger partial charge is 0.378 e. The normalized spacial score (nSPS) is 19.5. The van der Waals surface area contributed by atoms with E-state index >= 15 is 0 Å². The van der Waals surface area contributed by atoms with Crippen molar-refractivity contribution in [1.82, 2.24) is 15.2 Å². The molecule has 0 amide bonds. The molecule has 0 unspecified atom stereocenters. The average molecular weight is 345 g/mol. The standard InChI is InChI=1S/C19H31N5O/c1-3-25-17-8-12-24(13-9-17)19(20-2)22-15-16-6-7-18(21-14-16)23-10-4-5-11-23/h6-7,14,17H,3-5,8-13,15H2,1-2H3,(H,20,22). The summed E-state index contributed by atoms with van der Waals surface area (Å²) in [6, 6.07) is 4.31. The van der Waals surface area contributed by atoms with E-state index in [4.69, 9.17) is 4.74 Å². The Labute approximate surface area is 151 Å². The van der Waals surface area contributed by atoms with Gasteiger partial charge < -0.3 is 19.9 Å². The average Bonchev–Trinajstić information content (AvgIpc) is 3.19. The van der Waals surface area contributed by atoms with Crippen LogP contribution in [0.15, 0.2) is 23.3 Å². The van der Waals surface area contributed by atoms with Crippen LogP contribution in [0.3, 0.4) is 0 Å². The van der Waals surface area contributed by atoms with Crippen LogP contribution in [0.5, 0.6) is 0 Å². The molecule has 2 aliphatic rings. The van der Waals surface area contributed by atoms with Gasteiger partial charge in [-0.25, -0.2) is 4.98 Å². The maximum absolute atomic E-state index is 5.73. The highest BCUT2D eigenvalue weighted by molar-refractivity contribution is 5.79. The number of nitrogens with one attached hydrogen (secondary N) is 1. The van der Waals surface area contributed by atoms with Gasteiger partial charge in [0.05, 0.1) is 6.10 Å². The molecular formula is C19H31N5O. The van der Waals surface area contributed by atoms with Crippen molar-refractivity contribution < 1.29 is 4.74 Å². The topological polar surface area (TPSA) is 53.0 Å². The number of guanidine groups is 1. The molecule has 3 rings (SSSR count). The van der Waals surface area contributed by atoms with E-state index in [1.54, 1.807) is 0 Å². The van der Waals surface area contributed by atoms with Gasteiger partial charge in [0.2, 0.25) is 0 Å². The molecule has 0 bridgehead atoms. The van der Waals surface area contributed by atoms with Crippen molar-refractivity contribution in [3.05, 3.63) is 23.9 Å². The summed E-state index contributed by atoms with van der Waals surface area (Å²) >= 11 is 0. The first-order valence-corrected chi connectivity index (χ1v) is 9.57. The minimum atomic E-state index is 0.404. The monoisotopic (exact) mass is 345 g/mol. The maximum atomic E-state index is 5.73. The predicted molar refractivity (Wildman–Crippen MR) is 102 cm³/mol. The number of hydrogen-bond acceptors (Lipinski definition) is 4. The third kappa shape index (κ3) is 4.84. The van der Waals surface area contributed by atoms with Gasteiger partial charge in [-0.15, -0.1) is 0 Å². The highest BCUT2D eigenvalue weighted by Gasteiger charge is 2.21. The SMILES string of the molecule is CCOC1CCN(C(=NC)NCc2ccc(N3CCCC3)nc2)CC1. The minimum absolute atomic E-state index is 0.404. The quantitative estimate of drug-likeness (QED) is 0.655. The van der Waals surface area contributed by atoms with Crippen LogP contribution in [0.25, 0.3) is 0 Å². The summed E-state index contributed by atoms with van der Waals surface area (Å²) in [5.41, 5.74) is 1.19. The lowest BCUT2D eigenvalue weighted by molar-refractivity contribution is 0.0263. The van der Waals surface area contributed by atoms with Crippen LogP contribution >= 0.6 is 0 Å². The zero-order valence-corrected chi connectivity index (χ0v) is 15.6. The van der Waals surface area contributed by atoms with Crippen LogP contribution in [0.1, 0.15) is 38.2 Å². The zero-order valence-electron chi connectivity index (χ0n) is 15.6. The lowest BCUT2D eigenvalue weighted by Crippen LogP contribution is -2.46. The summed E-state index contributed by atoms with van der Waals surface area (Å²) < 4.78 is 5.73. The summed E-state index contributed by atoms with van der Waals surface area (Å²) in [6.07, 6.45) is 7.08. The molecule has 2 aliphatic heterocycles. The molecule has 2 saturated heterocycles. The molecule has 25 heavy (non-hydrogen) atoms. The summed E-state index contributed by atoms with van der Waals surface area (Å²) in [6.45, 7) is 7.89. The first kappa shape index (κ1) is 18.0. The Bertz CT molecular complexity index is 545. The number of pyridine rings is 1. The van der Waals surface area contributed by atoms with Gasteiger partial charge in [-0.05, 0) is 44.2 Å². The molecule has 0 spiro atoms. The molecule has 0 aromatic carbocycles. The van der Waals surface area contributed by atoms with Crippen LogP contribution in [-0.2, 0) is 11.3 Å². The van der Waals surface area contributed by atoms with E-state index in [9.17, 15) is 0 Å². The number of aromatic nitrogens is 1. The number of likely N-dealkylation sites (tertiary alicyclic amines) is 1. The molecule has 6 nitrogen and oxygen atoms in total. The highest BCUT2D eigenvalue weighted by Crippen LogP contribution is 2.18. The van der Waals surface area contributed by atoms with E-state index in [2.05, 4.69) is 44.1 Å². The highest BCUT2D eigenvalue weighted by atomic mass is 16.5. The van der Waals surface area contributed by atoms with E-state index < -0.39 is 0 Å². The van der Waals surface area contributed by atoms with Crippen molar-refractivity contribution >= 4 is 11.8 Å². The molecule has 0 aliphatic carbocycles. The number of anilines is 1. The number of hydrogen-bond donors (Lipinski definition) is 1. The molecule has 0 saturated carbocycles. The van der Waals surface area contributed by atoms with Gasteiger partial charge in [-0.1, -0.05) is 6.07 Å². The molecule has 1 aromatic heterocycles. The Hall–Kier alpha value is -1.82. The first-order chi connectivity index (χ1) is 12.3. The number of aliphatic imine (C=N–C) groups is 1. The molecule has 1 N–H and O–H groups in total. The lowest BCUT2D eigenvalue weighted by Gasteiger charge is -2.34. The summed E-state index contributed by atoms with van der Waals surface area (Å²) in [4.78, 5) is 13.7. The molecule has 6 heteroatoms. The molecular weight excluding hydrogens is 314 g/mol. The number of rotatable bonds is 5. The van der Waals surface area contributed by atoms with E-state index in [1.165, 1.54) is 18.4 Å². The van der Waals surface area contributed by atoms with E-state index in [1.807, 2.05) is 13.2 Å². The smallest absolute Gasteiger partial charge is 0.193 e. The Morgan fingerprint density at radius 1 is 1.24 bits per heavy atom. The van der Waals surface area contributed by atoms with Crippen LogP contribution in [0.4, 0.5) is 5.82 Å². The van der Waals surface area contributed by atoms with Gasteiger partial charge in [0.25, 0.3) is 0 Å². The van der Waals surface area contributed by atoms with Crippen molar-refractivity contribution in [2.24, 2.45) is 4.99 Å². The Kier molecular flexibility index (Phi) is 6.50. The van der Waals surface area contributed by atoms with Crippen LogP contribution in [0, 0.1) is 0 Å². The fraction of sp³-hybridized carbons (Fsp3) is 0.684. The molecule has 3 heterocycles. The van der Waals surface area contributed by atoms with E-state index in [0.29, 0.717) is 6.10 Å². The minimum Gasteiger partial charge on any atom is -0.378 e. The third-order valence-electron chi connectivity index (χ3n) is 5.05. The van der Waals surface area contributed by atoms with Gasteiger partial charge in [0, 0.05) is 52.6 Å². The molecule has 0 atom stereocenters. The van der Waals surface area contributed by atoms with Gasteiger partial charge in [-0.3, -0.25) is 4.99 Å². The number of nitrogens with zero attached hydrogens (tertiary/aromatic N) is 4. The van der Waals surface area contributed by atoms with Gasteiger partial charge in [0.1, 0.15) is 5.82 Å². The number of piperidine rings is 1. The fourth-order valence-electron chi connectivity index (χ4n) is 3.64. The van der Waals surface area contributed by atoms with Crippen LogP contribution in [0.2, 0.25) is 0 Å². The van der Waals surface area contributed by atoms with Crippen molar-refractivity contribution in [1.29, 1.82) is 0 Å². The Balaban J connectivity index is 1.48. The lowest BCUT2D eigenvalue weighted by atomic mass is 10.1. The van der Waals surface area contributed by atoms with Crippen molar-refractivity contribution in [2.45, 2.75) is 45.3 Å². The van der Waals surface area contributed by atoms with E-state index in [-0.39, 0.29) is 0 Å². The van der Waals surface area contributed by atoms with Crippen molar-refractivity contribution in [3.63, 3.8) is 0 Å². The Morgan fingerprint density at radius 3 is 2.60 bits per heavy atom. The van der Waals surface area contributed by atoms with Crippen molar-refractivity contribution in [2.75, 3.05) is 44.7 Å². The van der Waals surface area contributed by atoms with Crippen molar-refractivity contribution in [3.8, 4) is 0 Å². The second-order valence-corrected chi connectivity index (χ2v) is 6.76. The van der Waals surface area contributed by atoms with Gasteiger partial charge >= 0.3 is 0 Å². The van der Waals surface area contributed by atoms with Gasteiger partial charge in [-0.2, -0.15) is 0 Å². The summed E-state index contributed by atoms with van der Waals surface area (Å²) in [5.74, 6) is 2.07. The molecule has 138 valence electrons. The first-order valence-electron chi connectivity index (χ1n) is 9.57. The third-order valence-corrected chi connectivity index (χ3v) is 5.05. The van der Waals surface area contributed by atoms with Gasteiger partial charge in [0.15, 0.2) is 5.96 Å². The Morgan fingerprint density at radius 2 is 2.00 bits per heavy atom. The summed E-state index contributed by atoms with van der Waals surface area (Å²) in [5, 5.41) is 3.47. The fourth-order valence-corrected chi connectivity index (χ4v) is 3.64. The van der Waals surface area contributed by atoms with Crippen LogP contribution < -0.4 is 10.2 Å². The maximum Gasteiger partial charge on any atom is 0.193 e. The second-order valence-electron chi connectivity index (χ2n) is 6.76. The zero-order chi connectivity index (χ0) is 17.5. The second kappa shape index (κ2) is 9.04. The molecule has 2 fully saturated rings. The molecule has 1 aromatic rings. The molecule has 0 radical (unpaired) electrons. The number of ether oxygens (including phenoxy) is 1. The van der Waals surface area contributed by atoms with Crippen LogP contribution in [-0.4, -0.2) is 61.8 Å². The summed E-state index contributed by atoms with van der Waals surface area (Å²) in [7, 11) is 1.85.